The normalized spacial score (nSPS) is 10.4. The molecule has 0 bridgehead atoms. The monoisotopic (exact) mass is 399 g/mol. The highest BCUT2D eigenvalue weighted by atomic mass is 16.5. The van der Waals surface area contributed by atoms with Crippen LogP contribution in [0.3, 0.4) is 0 Å². The van der Waals surface area contributed by atoms with Crippen molar-refractivity contribution in [1.82, 2.24) is 10.7 Å². The molecule has 2 rings (SSSR count). The third kappa shape index (κ3) is 6.84. The molecule has 2 amide bonds. The Labute approximate surface area is 169 Å². The van der Waals surface area contributed by atoms with Gasteiger partial charge in [0.15, 0.2) is 11.5 Å². The maximum atomic E-state index is 12.2. The van der Waals surface area contributed by atoms with Crippen LogP contribution in [0.5, 0.6) is 17.2 Å². The number of nitrogens with zero attached hydrogens (tertiary/aromatic N) is 1. The average Bonchev–Trinajstić information content (AvgIpc) is 2.76. The molecule has 0 radical (unpaired) electrons. The number of rotatable bonds is 10. The van der Waals surface area contributed by atoms with Crippen molar-refractivity contribution in [3.8, 4) is 17.2 Å². The van der Waals surface area contributed by atoms with Gasteiger partial charge in [0, 0.05) is 5.56 Å². The van der Waals surface area contributed by atoms with E-state index in [-0.39, 0.29) is 6.54 Å². The number of carbonyl (C=O) groups is 2. The molecule has 0 atom stereocenters. The number of hydrogen-bond acceptors (Lipinski definition) is 6. The maximum absolute atomic E-state index is 12.2. The number of nitrogens with one attached hydrogen (secondary N) is 2. The lowest BCUT2D eigenvalue weighted by atomic mass is 10.2. The first kappa shape index (κ1) is 21.7. The molecule has 8 nitrogen and oxygen atoms in total. The molecule has 0 saturated heterocycles. The van der Waals surface area contributed by atoms with Gasteiger partial charge < -0.3 is 19.5 Å². The van der Waals surface area contributed by atoms with Crippen molar-refractivity contribution >= 4 is 18.0 Å². The first-order chi connectivity index (χ1) is 14.1. The van der Waals surface area contributed by atoms with Gasteiger partial charge in [-0.25, -0.2) is 5.43 Å². The summed E-state index contributed by atoms with van der Waals surface area (Å²) in [6.07, 6.45) is 2.45. The van der Waals surface area contributed by atoms with E-state index in [4.69, 9.17) is 14.2 Å². The third-order valence-electron chi connectivity index (χ3n) is 3.81. The maximum Gasteiger partial charge on any atom is 0.259 e. The molecule has 0 saturated carbocycles. The second-order valence-corrected chi connectivity index (χ2v) is 5.96. The summed E-state index contributed by atoms with van der Waals surface area (Å²) < 4.78 is 15.8. The molecule has 0 spiro atoms. The topological polar surface area (TPSA) is 98.2 Å². The smallest absolute Gasteiger partial charge is 0.259 e. The van der Waals surface area contributed by atoms with Gasteiger partial charge >= 0.3 is 0 Å². The van der Waals surface area contributed by atoms with Crippen LogP contribution in [0.1, 0.15) is 29.3 Å². The van der Waals surface area contributed by atoms with E-state index in [9.17, 15) is 9.59 Å². The Balaban J connectivity index is 1.80. The molecule has 0 unspecified atom stereocenters. The molecule has 0 aliphatic rings. The standard InChI is InChI=1S/C21H25N3O5/c1-4-11-29-17-8-5-15(6-9-17)13-23-24-20(25)14-22-21(26)16-7-10-18(27-2)19(12-16)28-3/h5-10,12-13H,4,11,14H2,1-3H3,(H,22,26)(H,24,25)/b23-13-. The van der Waals surface area contributed by atoms with Crippen LogP contribution in [-0.4, -0.2) is 45.4 Å². The van der Waals surface area contributed by atoms with Crippen LogP contribution in [0, 0.1) is 0 Å². The largest absolute Gasteiger partial charge is 0.494 e. The van der Waals surface area contributed by atoms with Crippen molar-refractivity contribution in [3.63, 3.8) is 0 Å². The lowest BCUT2D eigenvalue weighted by molar-refractivity contribution is -0.120. The highest BCUT2D eigenvalue weighted by molar-refractivity contribution is 5.97. The van der Waals surface area contributed by atoms with E-state index in [1.807, 2.05) is 31.2 Å². The van der Waals surface area contributed by atoms with Crippen molar-refractivity contribution in [3.05, 3.63) is 53.6 Å². The fraction of sp³-hybridized carbons (Fsp3) is 0.286. The summed E-state index contributed by atoms with van der Waals surface area (Å²) in [4.78, 5) is 24.0. The summed E-state index contributed by atoms with van der Waals surface area (Å²) in [5, 5.41) is 6.41. The zero-order valence-corrected chi connectivity index (χ0v) is 16.7. The molecule has 0 aliphatic carbocycles. The molecule has 2 N–H and O–H groups in total. The van der Waals surface area contributed by atoms with Crippen LogP contribution < -0.4 is 25.0 Å². The van der Waals surface area contributed by atoms with Crippen molar-refractivity contribution in [2.75, 3.05) is 27.4 Å². The number of benzene rings is 2. The Hall–Kier alpha value is -3.55. The Morgan fingerprint density at radius 2 is 1.76 bits per heavy atom. The zero-order chi connectivity index (χ0) is 21.1. The summed E-state index contributed by atoms with van der Waals surface area (Å²) in [7, 11) is 2.99. The van der Waals surface area contributed by atoms with Gasteiger partial charge in [-0.1, -0.05) is 6.92 Å². The second kappa shape index (κ2) is 11.3. The molecule has 2 aromatic rings. The number of hydrazone groups is 1. The summed E-state index contributed by atoms with van der Waals surface area (Å²) in [5.41, 5.74) is 3.53. The minimum atomic E-state index is -0.446. The van der Waals surface area contributed by atoms with Crippen molar-refractivity contribution in [2.45, 2.75) is 13.3 Å². The van der Waals surface area contributed by atoms with Gasteiger partial charge in [-0.15, -0.1) is 0 Å². The Morgan fingerprint density at radius 3 is 2.41 bits per heavy atom. The first-order valence-electron chi connectivity index (χ1n) is 9.12. The number of methoxy groups -OCH3 is 2. The van der Waals surface area contributed by atoms with Gasteiger partial charge in [0.05, 0.1) is 33.6 Å². The minimum absolute atomic E-state index is 0.214. The van der Waals surface area contributed by atoms with Gasteiger partial charge in [-0.05, 0) is 54.4 Å². The van der Waals surface area contributed by atoms with E-state index < -0.39 is 11.8 Å². The van der Waals surface area contributed by atoms with E-state index in [0.717, 1.165) is 17.7 Å². The van der Waals surface area contributed by atoms with Gasteiger partial charge in [-0.3, -0.25) is 9.59 Å². The predicted octanol–water partition coefficient (Wildman–Crippen LogP) is 2.37. The van der Waals surface area contributed by atoms with Crippen molar-refractivity contribution < 1.29 is 23.8 Å². The minimum Gasteiger partial charge on any atom is -0.494 e. The SMILES string of the molecule is CCCOc1ccc(/C=N\NC(=O)CNC(=O)c2ccc(OC)c(OC)c2)cc1. The van der Waals surface area contributed by atoms with Gasteiger partial charge in [-0.2, -0.15) is 5.10 Å². The van der Waals surface area contributed by atoms with Crippen molar-refractivity contribution in [1.29, 1.82) is 0 Å². The quantitative estimate of drug-likeness (QED) is 0.472. The number of carbonyl (C=O) groups excluding carboxylic acids is 2. The molecule has 0 fully saturated rings. The molecule has 2 aromatic carbocycles. The molecular weight excluding hydrogens is 374 g/mol. The van der Waals surface area contributed by atoms with Gasteiger partial charge in [0.25, 0.3) is 11.8 Å². The predicted molar refractivity (Wildman–Crippen MR) is 110 cm³/mol. The fourth-order valence-corrected chi connectivity index (χ4v) is 2.33. The Kier molecular flexibility index (Phi) is 8.50. The van der Waals surface area contributed by atoms with E-state index in [2.05, 4.69) is 15.8 Å². The van der Waals surface area contributed by atoms with Crippen LogP contribution in [0.15, 0.2) is 47.6 Å². The molecule has 0 heterocycles. The van der Waals surface area contributed by atoms with E-state index in [0.29, 0.717) is 23.7 Å². The average molecular weight is 399 g/mol. The summed E-state index contributed by atoms with van der Waals surface area (Å²) >= 11 is 0. The lowest BCUT2D eigenvalue weighted by Gasteiger charge is -2.09. The lowest BCUT2D eigenvalue weighted by Crippen LogP contribution is -2.34. The summed E-state index contributed by atoms with van der Waals surface area (Å²) in [5.74, 6) is 0.873. The van der Waals surface area contributed by atoms with Crippen LogP contribution >= 0.6 is 0 Å². The van der Waals surface area contributed by atoms with Crippen molar-refractivity contribution in [2.24, 2.45) is 5.10 Å². The summed E-state index contributed by atoms with van der Waals surface area (Å²) in [6.45, 7) is 2.49. The molecule has 8 heteroatoms. The molecule has 0 aliphatic heterocycles. The second-order valence-electron chi connectivity index (χ2n) is 5.96. The van der Waals surface area contributed by atoms with Gasteiger partial charge in [0.2, 0.25) is 0 Å². The summed E-state index contributed by atoms with van der Waals surface area (Å²) in [6, 6.07) is 12.1. The van der Waals surface area contributed by atoms with Gasteiger partial charge in [0.1, 0.15) is 5.75 Å². The zero-order valence-electron chi connectivity index (χ0n) is 16.7. The first-order valence-corrected chi connectivity index (χ1v) is 9.12. The molecule has 29 heavy (non-hydrogen) atoms. The molecular formula is C21H25N3O5. The third-order valence-corrected chi connectivity index (χ3v) is 3.81. The van der Waals surface area contributed by atoms with E-state index >= 15 is 0 Å². The molecule has 0 aromatic heterocycles. The van der Waals surface area contributed by atoms with Crippen LogP contribution in [0.2, 0.25) is 0 Å². The highest BCUT2D eigenvalue weighted by Gasteiger charge is 2.11. The highest BCUT2D eigenvalue weighted by Crippen LogP contribution is 2.27. The van der Waals surface area contributed by atoms with E-state index in [1.165, 1.54) is 26.5 Å². The number of hydrogen-bond donors (Lipinski definition) is 2. The number of ether oxygens (including phenoxy) is 3. The van der Waals surface area contributed by atoms with E-state index in [1.54, 1.807) is 12.1 Å². The number of amides is 2. The molecule has 154 valence electrons. The van der Waals surface area contributed by atoms with Crippen LogP contribution in [-0.2, 0) is 4.79 Å². The van der Waals surface area contributed by atoms with Crippen LogP contribution in [0.25, 0.3) is 0 Å². The fourth-order valence-electron chi connectivity index (χ4n) is 2.33. The Bertz CT molecular complexity index is 850. The Morgan fingerprint density at radius 1 is 1.03 bits per heavy atom. The van der Waals surface area contributed by atoms with Crippen LogP contribution in [0.4, 0.5) is 0 Å².